The van der Waals surface area contributed by atoms with E-state index in [9.17, 15) is 9.59 Å². The second kappa shape index (κ2) is 7.02. The van der Waals surface area contributed by atoms with Crippen molar-refractivity contribution in [3.63, 3.8) is 0 Å². The maximum absolute atomic E-state index is 12.1. The van der Waals surface area contributed by atoms with Gasteiger partial charge in [-0.3, -0.25) is 9.59 Å². The summed E-state index contributed by atoms with van der Waals surface area (Å²) in [6.07, 6.45) is 0.178. The highest BCUT2D eigenvalue weighted by Gasteiger charge is 2.12. The molecule has 24 heavy (non-hydrogen) atoms. The normalized spacial score (nSPS) is 10.6. The molecule has 0 saturated heterocycles. The highest BCUT2D eigenvalue weighted by atomic mass is 32.1. The largest absolute Gasteiger partial charge is 0.302 e. The molecule has 122 valence electrons. The molecule has 7 heteroatoms. The first-order valence-corrected chi connectivity index (χ1v) is 9.05. The Labute approximate surface area is 147 Å². The lowest BCUT2D eigenvalue weighted by Crippen LogP contribution is -2.14. The first kappa shape index (κ1) is 16.5. The molecular weight excluding hydrogens is 342 g/mol. The standard InChI is InChI=1S/C17H15N3O2S2/c1-10-3-5-12(6-4-10)16-18-13(8-23-16)7-15(22)20-17-19-14(9-24-17)11(2)21/h3-6,8-9H,7H2,1-2H3,(H,19,20,22). The average Bonchev–Trinajstić information content (AvgIpc) is 3.17. The Balaban J connectivity index is 1.64. The van der Waals surface area contributed by atoms with Crippen LogP contribution in [0.1, 0.15) is 28.7 Å². The lowest BCUT2D eigenvalue weighted by Gasteiger charge is -1.99. The maximum Gasteiger partial charge on any atom is 0.232 e. The number of anilines is 1. The third-order valence-electron chi connectivity index (χ3n) is 3.30. The number of carbonyl (C=O) groups is 2. The fraction of sp³-hybridized carbons (Fsp3) is 0.176. The van der Waals surface area contributed by atoms with Crippen molar-refractivity contribution in [3.05, 3.63) is 52.0 Å². The van der Waals surface area contributed by atoms with Crippen molar-refractivity contribution < 1.29 is 9.59 Å². The fourth-order valence-corrected chi connectivity index (χ4v) is 3.63. The number of thiazole rings is 2. The molecule has 0 spiro atoms. The third-order valence-corrected chi connectivity index (χ3v) is 5.00. The zero-order valence-electron chi connectivity index (χ0n) is 13.2. The Morgan fingerprint density at radius 2 is 1.83 bits per heavy atom. The Kier molecular flexibility index (Phi) is 4.82. The molecule has 2 heterocycles. The summed E-state index contributed by atoms with van der Waals surface area (Å²) < 4.78 is 0. The van der Waals surface area contributed by atoms with Crippen LogP contribution >= 0.6 is 22.7 Å². The second-order valence-electron chi connectivity index (χ2n) is 5.33. The molecule has 1 N–H and O–H groups in total. The maximum atomic E-state index is 12.1. The zero-order valence-corrected chi connectivity index (χ0v) is 14.8. The number of carbonyl (C=O) groups excluding carboxylic acids is 2. The summed E-state index contributed by atoms with van der Waals surface area (Å²) in [7, 11) is 0. The van der Waals surface area contributed by atoms with Crippen LogP contribution in [-0.2, 0) is 11.2 Å². The predicted molar refractivity (Wildman–Crippen MR) is 96.7 cm³/mol. The van der Waals surface area contributed by atoms with Crippen LogP contribution in [0.4, 0.5) is 5.13 Å². The molecule has 3 aromatic rings. The van der Waals surface area contributed by atoms with Gasteiger partial charge in [0, 0.05) is 23.2 Å². The van der Waals surface area contributed by atoms with Crippen molar-refractivity contribution >= 4 is 39.5 Å². The Hall–Kier alpha value is -2.38. The number of rotatable bonds is 5. The van der Waals surface area contributed by atoms with E-state index in [1.807, 2.05) is 36.6 Å². The van der Waals surface area contributed by atoms with Gasteiger partial charge in [-0.25, -0.2) is 9.97 Å². The van der Waals surface area contributed by atoms with E-state index >= 15 is 0 Å². The molecule has 0 saturated carbocycles. The van der Waals surface area contributed by atoms with Gasteiger partial charge in [-0.15, -0.1) is 22.7 Å². The molecule has 0 unspecified atom stereocenters. The zero-order chi connectivity index (χ0) is 17.1. The number of aromatic nitrogens is 2. The summed E-state index contributed by atoms with van der Waals surface area (Å²) >= 11 is 2.75. The monoisotopic (exact) mass is 357 g/mol. The molecule has 2 aromatic heterocycles. The number of nitrogens with one attached hydrogen (secondary N) is 1. The highest BCUT2D eigenvalue weighted by Crippen LogP contribution is 2.24. The molecule has 0 atom stereocenters. The van der Waals surface area contributed by atoms with Crippen molar-refractivity contribution in [2.75, 3.05) is 5.32 Å². The van der Waals surface area contributed by atoms with E-state index < -0.39 is 0 Å². The topological polar surface area (TPSA) is 72.0 Å². The smallest absolute Gasteiger partial charge is 0.232 e. The van der Waals surface area contributed by atoms with Gasteiger partial charge < -0.3 is 5.32 Å². The van der Waals surface area contributed by atoms with Crippen LogP contribution in [0.25, 0.3) is 10.6 Å². The quantitative estimate of drug-likeness (QED) is 0.702. The summed E-state index contributed by atoms with van der Waals surface area (Å²) in [6.45, 7) is 3.49. The number of aryl methyl sites for hydroxylation is 1. The van der Waals surface area contributed by atoms with Crippen molar-refractivity contribution in [1.82, 2.24) is 9.97 Å². The van der Waals surface area contributed by atoms with Crippen LogP contribution in [0.15, 0.2) is 35.0 Å². The highest BCUT2D eigenvalue weighted by molar-refractivity contribution is 7.14. The van der Waals surface area contributed by atoms with E-state index in [2.05, 4.69) is 15.3 Å². The van der Waals surface area contributed by atoms with Gasteiger partial charge in [0.05, 0.1) is 12.1 Å². The lowest BCUT2D eigenvalue weighted by molar-refractivity contribution is -0.115. The number of benzene rings is 1. The number of hydrogen-bond acceptors (Lipinski definition) is 6. The molecule has 0 fully saturated rings. The summed E-state index contributed by atoms with van der Waals surface area (Å²) in [4.78, 5) is 31.9. The van der Waals surface area contributed by atoms with Gasteiger partial charge in [0.15, 0.2) is 10.9 Å². The van der Waals surface area contributed by atoms with E-state index in [1.54, 1.807) is 5.38 Å². The van der Waals surface area contributed by atoms with E-state index in [0.717, 1.165) is 16.3 Å². The van der Waals surface area contributed by atoms with E-state index in [1.165, 1.54) is 35.2 Å². The Bertz CT molecular complexity index is 881. The van der Waals surface area contributed by atoms with Gasteiger partial charge in [-0.1, -0.05) is 29.8 Å². The summed E-state index contributed by atoms with van der Waals surface area (Å²) in [5.74, 6) is -0.311. The first-order valence-electron chi connectivity index (χ1n) is 7.29. The average molecular weight is 357 g/mol. The van der Waals surface area contributed by atoms with E-state index in [4.69, 9.17) is 0 Å². The minimum absolute atomic E-state index is 0.117. The second-order valence-corrected chi connectivity index (χ2v) is 7.05. The van der Waals surface area contributed by atoms with Crippen LogP contribution < -0.4 is 5.32 Å². The molecule has 0 radical (unpaired) electrons. The van der Waals surface area contributed by atoms with Crippen molar-refractivity contribution in [2.24, 2.45) is 0 Å². The van der Waals surface area contributed by atoms with Crippen molar-refractivity contribution in [3.8, 4) is 10.6 Å². The molecular formula is C17H15N3O2S2. The Morgan fingerprint density at radius 3 is 2.50 bits per heavy atom. The molecule has 0 aliphatic heterocycles. The molecule has 0 aliphatic rings. The molecule has 5 nitrogen and oxygen atoms in total. The van der Waals surface area contributed by atoms with Crippen LogP contribution in [0, 0.1) is 6.92 Å². The summed E-state index contributed by atoms with van der Waals surface area (Å²) in [5, 5.41) is 7.55. The number of hydrogen-bond donors (Lipinski definition) is 1. The van der Waals surface area contributed by atoms with Gasteiger partial charge in [-0.2, -0.15) is 0 Å². The number of ketones is 1. The van der Waals surface area contributed by atoms with Gasteiger partial charge in [0.25, 0.3) is 0 Å². The van der Waals surface area contributed by atoms with Gasteiger partial charge in [0.1, 0.15) is 10.7 Å². The SMILES string of the molecule is CC(=O)c1csc(NC(=O)Cc2csc(-c3ccc(C)cc3)n2)n1. The van der Waals surface area contributed by atoms with Crippen molar-refractivity contribution in [1.29, 1.82) is 0 Å². The lowest BCUT2D eigenvalue weighted by atomic mass is 10.2. The van der Waals surface area contributed by atoms with Crippen LogP contribution in [0.3, 0.4) is 0 Å². The number of nitrogens with zero attached hydrogens (tertiary/aromatic N) is 2. The van der Waals surface area contributed by atoms with Gasteiger partial charge >= 0.3 is 0 Å². The molecule has 0 aliphatic carbocycles. The van der Waals surface area contributed by atoms with E-state index in [0.29, 0.717) is 10.8 Å². The van der Waals surface area contributed by atoms with Crippen molar-refractivity contribution in [2.45, 2.75) is 20.3 Å². The van der Waals surface area contributed by atoms with Gasteiger partial charge in [0.2, 0.25) is 5.91 Å². The minimum atomic E-state index is -0.194. The van der Waals surface area contributed by atoms with Crippen LogP contribution in [0.5, 0.6) is 0 Å². The number of Topliss-reactive ketones (excluding diaryl/α,β-unsaturated/α-hetero) is 1. The molecule has 0 bridgehead atoms. The minimum Gasteiger partial charge on any atom is -0.302 e. The molecule has 1 amide bonds. The third kappa shape index (κ3) is 3.93. The Morgan fingerprint density at radius 1 is 1.08 bits per heavy atom. The molecule has 3 rings (SSSR count). The molecule has 1 aromatic carbocycles. The van der Waals surface area contributed by atoms with Crippen LogP contribution in [-0.4, -0.2) is 21.7 Å². The summed E-state index contributed by atoms with van der Waals surface area (Å²) in [6, 6.07) is 8.13. The van der Waals surface area contributed by atoms with Crippen LogP contribution in [0.2, 0.25) is 0 Å². The van der Waals surface area contributed by atoms with E-state index in [-0.39, 0.29) is 18.1 Å². The first-order chi connectivity index (χ1) is 11.5. The predicted octanol–water partition coefficient (Wildman–Crippen LogP) is 3.96. The fourth-order valence-electron chi connectivity index (χ4n) is 2.04. The summed E-state index contributed by atoms with van der Waals surface area (Å²) in [5.41, 5.74) is 3.33. The number of amides is 1. The van der Waals surface area contributed by atoms with Gasteiger partial charge in [-0.05, 0) is 6.92 Å².